The summed E-state index contributed by atoms with van der Waals surface area (Å²) in [7, 11) is 1.57. The number of aromatic nitrogens is 3. The molecule has 2 aromatic heterocycles. The number of methoxy groups -OCH3 is 1. The fraction of sp³-hybridized carbons (Fsp3) is 0.316. The number of carbonyl (C=O) groups excluding carboxylic acids is 2. The monoisotopic (exact) mass is 413 g/mol. The van der Waals surface area contributed by atoms with E-state index in [4.69, 9.17) is 9.26 Å². The van der Waals surface area contributed by atoms with Gasteiger partial charge in [-0.2, -0.15) is 0 Å². The van der Waals surface area contributed by atoms with Gasteiger partial charge in [-0.05, 0) is 25.0 Å². The van der Waals surface area contributed by atoms with Crippen LogP contribution in [0.15, 0.2) is 40.4 Å². The Morgan fingerprint density at radius 3 is 3.00 bits per heavy atom. The van der Waals surface area contributed by atoms with Crippen molar-refractivity contribution in [1.29, 1.82) is 0 Å². The Hall–Kier alpha value is -3.27. The van der Waals surface area contributed by atoms with Crippen LogP contribution in [0.3, 0.4) is 0 Å². The molecule has 10 heteroatoms. The molecule has 3 heterocycles. The second kappa shape index (κ2) is 8.39. The highest BCUT2D eigenvalue weighted by Gasteiger charge is 2.31. The average Bonchev–Trinajstić information content (AvgIpc) is 3.45. The molecule has 1 aromatic carbocycles. The van der Waals surface area contributed by atoms with E-state index in [2.05, 4.69) is 20.7 Å². The van der Waals surface area contributed by atoms with E-state index in [1.54, 1.807) is 23.6 Å². The maximum absolute atomic E-state index is 12.9. The highest BCUT2D eigenvalue weighted by molar-refractivity contribution is 7.13. The van der Waals surface area contributed by atoms with Gasteiger partial charge in [-0.25, -0.2) is 0 Å². The molecule has 29 heavy (non-hydrogen) atoms. The minimum atomic E-state index is -0.308. The second-order valence-corrected chi connectivity index (χ2v) is 7.43. The summed E-state index contributed by atoms with van der Waals surface area (Å²) in [4.78, 5) is 27.0. The Morgan fingerprint density at radius 1 is 1.34 bits per heavy atom. The van der Waals surface area contributed by atoms with Crippen molar-refractivity contribution in [2.24, 2.45) is 5.92 Å². The second-order valence-electron chi connectivity index (χ2n) is 6.60. The number of nitrogens with zero attached hydrogens (tertiary/aromatic N) is 4. The first kappa shape index (κ1) is 19.1. The van der Waals surface area contributed by atoms with Gasteiger partial charge in [0.2, 0.25) is 11.0 Å². The molecule has 0 radical (unpaired) electrons. The summed E-state index contributed by atoms with van der Waals surface area (Å²) in [5, 5.41) is 14.7. The highest BCUT2D eigenvalue weighted by Crippen LogP contribution is 2.30. The molecule has 1 N–H and O–H groups in total. The van der Waals surface area contributed by atoms with Crippen LogP contribution in [0.25, 0.3) is 11.3 Å². The van der Waals surface area contributed by atoms with Crippen molar-refractivity contribution in [3.8, 4) is 17.1 Å². The van der Waals surface area contributed by atoms with Crippen molar-refractivity contribution >= 4 is 28.3 Å². The number of hydrogen-bond acceptors (Lipinski definition) is 8. The van der Waals surface area contributed by atoms with E-state index in [1.165, 1.54) is 11.3 Å². The smallest absolute Gasteiger partial charge is 0.276 e. The van der Waals surface area contributed by atoms with E-state index in [0.717, 1.165) is 12.0 Å². The van der Waals surface area contributed by atoms with Crippen molar-refractivity contribution in [2.45, 2.75) is 12.8 Å². The van der Waals surface area contributed by atoms with Gasteiger partial charge in [0.25, 0.3) is 5.91 Å². The molecular weight excluding hydrogens is 394 g/mol. The Balaban J connectivity index is 1.45. The van der Waals surface area contributed by atoms with E-state index in [-0.39, 0.29) is 23.4 Å². The molecule has 1 saturated heterocycles. The summed E-state index contributed by atoms with van der Waals surface area (Å²) in [5.41, 5.74) is 2.47. The van der Waals surface area contributed by atoms with Gasteiger partial charge < -0.3 is 19.5 Å². The Kier molecular flexibility index (Phi) is 5.52. The van der Waals surface area contributed by atoms with Gasteiger partial charge in [-0.15, -0.1) is 10.2 Å². The van der Waals surface area contributed by atoms with Gasteiger partial charge >= 0.3 is 0 Å². The van der Waals surface area contributed by atoms with Crippen molar-refractivity contribution in [2.75, 3.05) is 25.5 Å². The normalized spacial score (nSPS) is 16.4. The van der Waals surface area contributed by atoms with E-state index in [9.17, 15) is 9.59 Å². The van der Waals surface area contributed by atoms with Crippen LogP contribution in [0, 0.1) is 5.92 Å². The molecule has 0 unspecified atom stereocenters. The predicted octanol–water partition coefficient (Wildman–Crippen LogP) is 2.69. The number of amides is 2. The van der Waals surface area contributed by atoms with Crippen LogP contribution in [-0.2, 0) is 4.79 Å². The zero-order valence-electron chi connectivity index (χ0n) is 15.7. The number of ether oxygens (including phenoxy) is 1. The first-order valence-electron chi connectivity index (χ1n) is 9.12. The topological polar surface area (TPSA) is 110 Å². The molecule has 0 aliphatic carbocycles. The molecule has 0 spiro atoms. The lowest BCUT2D eigenvalue weighted by molar-refractivity contribution is -0.121. The lowest BCUT2D eigenvalue weighted by Gasteiger charge is -2.31. The molecule has 3 aromatic rings. The Labute approximate surface area is 170 Å². The van der Waals surface area contributed by atoms with Crippen LogP contribution in [0.5, 0.6) is 5.75 Å². The number of para-hydroxylation sites is 1. The molecule has 1 fully saturated rings. The van der Waals surface area contributed by atoms with Crippen molar-refractivity contribution in [3.05, 3.63) is 41.5 Å². The number of benzene rings is 1. The van der Waals surface area contributed by atoms with Gasteiger partial charge in [0.1, 0.15) is 11.3 Å². The molecule has 1 aliphatic rings. The highest BCUT2D eigenvalue weighted by atomic mass is 32.1. The molecule has 0 saturated carbocycles. The maximum atomic E-state index is 12.9. The number of hydrogen-bond donors (Lipinski definition) is 1. The molecular formula is C19H19N5O4S. The number of likely N-dealkylation sites (tertiary alicyclic amines) is 1. The van der Waals surface area contributed by atoms with Crippen molar-refractivity contribution in [1.82, 2.24) is 20.3 Å². The molecule has 2 amide bonds. The Morgan fingerprint density at radius 2 is 2.21 bits per heavy atom. The summed E-state index contributed by atoms with van der Waals surface area (Å²) in [5.74, 6) is 0.358. The van der Waals surface area contributed by atoms with E-state index < -0.39 is 0 Å². The molecule has 4 rings (SSSR count). The first-order valence-corrected chi connectivity index (χ1v) is 10.00. The molecule has 150 valence electrons. The van der Waals surface area contributed by atoms with E-state index in [1.807, 2.05) is 24.3 Å². The van der Waals surface area contributed by atoms with Crippen LogP contribution in [0.1, 0.15) is 23.3 Å². The van der Waals surface area contributed by atoms with Crippen LogP contribution in [-0.4, -0.2) is 52.3 Å². The van der Waals surface area contributed by atoms with Crippen molar-refractivity contribution in [3.63, 3.8) is 0 Å². The van der Waals surface area contributed by atoms with Gasteiger partial charge in [0.15, 0.2) is 11.5 Å². The summed E-state index contributed by atoms with van der Waals surface area (Å²) >= 11 is 1.26. The van der Waals surface area contributed by atoms with Crippen molar-refractivity contribution < 1.29 is 18.8 Å². The third-order valence-electron chi connectivity index (χ3n) is 4.77. The molecule has 1 aliphatic heterocycles. The minimum Gasteiger partial charge on any atom is -0.496 e. The van der Waals surface area contributed by atoms with Crippen LogP contribution >= 0.6 is 11.3 Å². The van der Waals surface area contributed by atoms with Crippen LogP contribution in [0.4, 0.5) is 5.13 Å². The minimum absolute atomic E-state index is 0.158. The summed E-state index contributed by atoms with van der Waals surface area (Å²) in [6.07, 6.45) is 1.44. The largest absolute Gasteiger partial charge is 0.496 e. The fourth-order valence-electron chi connectivity index (χ4n) is 3.32. The van der Waals surface area contributed by atoms with Gasteiger partial charge in [-0.1, -0.05) is 28.6 Å². The number of anilines is 1. The van der Waals surface area contributed by atoms with Gasteiger partial charge in [-0.3, -0.25) is 9.59 Å². The molecule has 1 atom stereocenters. The van der Waals surface area contributed by atoms with Gasteiger partial charge in [0.05, 0.1) is 18.6 Å². The van der Waals surface area contributed by atoms with E-state index in [0.29, 0.717) is 36.2 Å². The SMILES string of the molecule is COc1ccccc1-c1cc(C(=O)N2CCC[C@@H](C(=O)Nc3nncs3)C2)no1. The summed E-state index contributed by atoms with van der Waals surface area (Å²) < 4.78 is 10.7. The average molecular weight is 413 g/mol. The Bertz CT molecular complexity index is 1000. The van der Waals surface area contributed by atoms with Crippen LogP contribution in [0.2, 0.25) is 0 Å². The lowest BCUT2D eigenvalue weighted by atomic mass is 9.97. The third kappa shape index (κ3) is 4.11. The summed E-state index contributed by atoms with van der Waals surface area (Å²) in [6.45, 7) is 0.887. The zero-order valence-corrected chi connectivity index (χ0v) is 16.5. The third-order valence-corrected chi connectivity index (χ3v) is 5.38. The quantitative estimate of drug-likeness (QED) is 0.685. The predicted molar refractivity (Wildman–Crippen MR) is 106 cm³/mol. The molecule has 0 bridgehead atoms. The zero-order chi connectivity index (χ0) is 20.2. The number of nitrogens with one attached hydrogen (secondary N) is 1. The number of carbonyl (C=O) groups is 2. The van der Waals surface area contributed by atoms with Crippen LogP contribution < -0.4 is 10.1 Å². The van der Waals surface area contributed by atoms with E-state index >= 15 is 0 Å². The maximum Gasteiger partial charge on any atom is 0.276 e. The first-order chi connectivity index (χ1) is 14.2. The summed E-state index contributed by atoms with van der Waals surface area (Å²) in [6, 6.07) is 8.96. The number of rotatable bonds is 5. The standard InChI is InChI=1S/C19H19N5O4S/c1-27-15-7-3-2-6-13(15)16-9-14(23-28-16)18(26)24-8-4-5-12(10-24)17(25)21-19-22-20-11-29-19/h2-3,6-7,9,11-12H,4-5,8,10H2,1H3,(H,21,22,25)/t12-/m1/s1. The fourth-order valence-corrected chi connectivity index (χ4v) is 3.77. The molecule has 9 nitrogen and oxygen atoms in total. The number of piperidine rings is 1. The van der Waals surface area contributed by atoms with Gasteiger partial charge in [0, 0.05) is 19.2 Å². The lowest BCUT2D eigenvalue weighted by Crippen LogP contribution is -2.43.